The van der Waals surface area contributed by atoms with Crippen molar-refractivity contribution in [3.8, 4) is 0 Å². The van der Waals surface area contributed by atoms with Gasteiger partial charge in [0.05, 0.1) is 36.1 Å². The van der Waals surface area contributed by atoms with Crippen LogP contribution in [0.3, 0.4) is 0 Å². The second kappa shape index (κ2) is 30.5. The van der Waals surface area contributed by atoms with E-state index in [4.69, 9.17) is 14.9 Å². The minimum Gasteiger partial charge on any atom is -0.475 e. The summed E-state index contributed by atoms with van der Waals surface area (Å²) in [5.74, 6) is -4.06. The lowest BCUT2D eigenvalue weighted by atomic mass is 9.78. The van der Waals surface area contributed by atoms with Crippen LogP contribution < -0.4 is 20.9 Å². The van der Waals surface area contributed by atoms with Gasteiger partial charge >= 0.3 is 12.1 Å². The van der Waals surface area contributed by atoms with E-state index in [2.05, 4.69) is 20.9 Å². The van der Waals surface area contributed by atoms with Crippen molar-refractivity contribution in [3.05, 3.63) is 221 Å². The molecular formula is C64H67F5N6O7. The molecule has 3 heterocycles. The van der Waals surface area contributed by atoms with Gasteiger partial charge in [-0.2, -0.15) is 13.2 Å². The summed E-state index contributed by atoms with van der Waals surface area (Å²) in [6, 6.07) is 47.0. The van der Waals surface area contributed by atoms with Crippen LogP contribution in [-0.2, 0) is 25.7 Å². The summed E-state index contributed by atoms with van der Waals surface area (Å²) in [5, 5.41) is 39.7. The molecule has 1 aliphatic heterocycles. The molecule has 13 nitrogen and oxygen atoms in total. The fourth-order valence-electron chi connectivity index (χ4n) is 10.1. The van der Waals surface area contributed by atoms with Crippen molar-refractivity contribution in [2.75, 3.05) is 15.5 Å². The van der Waals surface area contributed by atoms with Crippen LogP contribution in [0.5, 0.6) is 0 Å². The van der Waals surface area contributed by atoms with Gasteiger partial charge in [-0.1, -0.05) is 136 Å². The number of benzene rings is 5. The van der Waals surface area contributed by atoms with Crippen LogP contribution in [0.15, 0.2) is 176 Å². The SMILES string of the molecule is O=C(CCCCCCCCCCC(=O)Nc1ccccc1C(Nc1ccccn1)C(c1ccccn1)C(O)c1ccccc1)NCc1ccc(C2C(CCC(O)c3ccc(F)cc3)C(=O)N2c2ccc(F)cc2)cc1.O=C(O)C(F)(F)F. The van der Waals surface area contributed by atoms with E-state index in [0.29, 0.717) is 60.7 Å². The van der Waals surface area contributed by atoms with E-state index in [0.717, 1.165) is 73.6 Å². The summed E-state index contributed by atoms with van der Waals surface area (Å²) in [6.07, 6.45) is 5.72. The minimum absolute atomic E-state index is 0.00962. The second-order valence-electron chi connectivity index (χ2n) is 20.1. The third-order valence-electron chi connectivity index (χ3n) is 14.3. The number of aliphatic hydroxyl groups excluding tert-OH is 2. The molecule has 18 heteroatoms. The van der Waals surface area contributed by atoms with Gasteiger partial charge in [-0.25, -0.2) is 18.6 Å². The van der Waals surface area contributed by atoms with Crippen molar-refractivity contribution in [1.82, 2.24) is 15.3 Å². The summed E-state index contributed by atoms with van der Waals surface area (Å²) < 4.78 is 59.0. The Labute approximate surface area is 473 Å². The molecule has 430 valence electrons. The molecule has 0 spiro atoms. The van der Waals surface area contributed by atoms with Crippen LogP contribution in [-0.4, -0.2) is 55.2 Å². The lowest BCUT2D eigenvalue weighted by Crippen LogP contribution is -2.55. The number of amides is 3. The number of nitrogens with one attached hydrogen (secondary N) is 3. The number of aliphatic carboxylic acids is 1. The molecule has 6 unspecified atom stereocenters. The number of pyridine rings is 2. The first-order valence-corrected chi connectivity index (χ1v) is 27.5. The van der Waals surface area contributed by atoms with Crippen molar-refractivity contribution in [1.29, 1.82) is 0 Å². The minimum atomic E-state index is -5.08. The predicted molar refractivity (Wildman–Crippen MR) is 303 cm³/mol. The number of aromatic nitrogens is 2. The first-order valence-electron chi connectivity index (χ1n) is 27.5. The van der Waals surface area contributed by atoms with Gasteiger partial charge in [0.1, 0.15) is 17.5 Å². The number of unbranched alkanes of at least 4 members (excludes halogenated alkanes) is 7. The van der Waals surface area contributed by atoms with Crippen molar-refractivity contribution in [3.63, 3.8) is 0 Å². The maximum absolute atomic E-state index is 13.8. The molecule has 5 aromatic carbocycles. The van der Waals surface area contributed by atoms with Crippen LogP contribution in [0, 0.1) is 17.6 Å². The Kier molecular flexibility index (Phi) is 22.8. The van der Waals surface area contributed by atoms with E-state index in [9.17, 15) is 46.5 Å². The van der Waals surface area contributed by atoms with Crippen molar-refractivity contribution in [2.45, 2.75) is 120 Å². The Bertz CT molecular complexity index is 3110. The predicted octanol–water partition coefficient (Wildman–Crippen LogP) is 13.4. The molecule has 2 aromatic heterocycles. The number of halogens is 5. The summed E-state index contributed by atoms with van der Waals surface area (Å²) in [4.78, 5) is 59.6. The molecule has 0 saturated carbocycles. The molecule has 0 radical (unpaired) electrons. The van der Waals surface area contributed by atoms with E-state index in [-0.39, 0.29) is 29.6 Å². The first kappa shape index (κ1) is 61.3. The topological polar surface area (TPSA) is 194 Å². The molecule has 6 N–H and O–H groups in total. The van der Waals surface area contributed by atoms with Gasteiger partial charge < -0.3 is 36.2 Å². The zero-order valence-electron chi connectivity index (χ0n) is 45.1. The third-order valence-corrected chi connectivity index (χ3v) is 14.3. The molecule has 1 aliphatic rings. The van der Waals surface area contributed by atoms with Crippen LogP contribution in [0.1, 0.15) is 141 Å². The zero-order chi connectivity index (χ0) is 58.4. The molecule has 0 aliphatic carbocycles. The monoisotopic (exact) mass is 1130 g/mol. The van der Waals surface area contributed by atoms with E-state index >= 15 is 0 Å². The number of anilines is 3. The standard InChI is InChI=1S/C62H66F2N6O5.C2HF3O2/c63-47-32-30-44(31-33-47)54(71)39-38-51-60(70(62(51)75)49-36-34-48(64)35-37-49)45-28-26-43(27-29-45)42-67-56(72)24-10-5-3-1-2-4-6-11-25-57(73)68-52-21-13-12-20-50(52)59(69-55-23-15-17-41-66-55)58(53-22-14-16-40-65-53)61(74)46-18-8-7-9-19-46;3-2(4,5)1(6)7/h7-9,12-23,26-37,40-41,51,54,58-61,71,74H,1-6,10-11,24-25,38-39,42H2,(H,66,69)(H,67,72)(H,68,73);(H,6,7). The maximum Gasteiger partial charge on any atom is 0.490 e. The number of rotatable bonds is 27. The average Bonchev–Trinajstić information content (AvgIpc) is 2.15. The van der Waals surface area contributed by atoms with Gasteiger partial charge in [0, 0.05) is 48.8 Å². The lowest BCUT2D eigenvalue weighted by molar-refractivity contribution is -0.192. The highest BCUT2D eigenvalue weighted by molar-refractivity contribution is 6.03. The number of aliphatic hydroxyl groups is 2. The van der Waals surface area contributed by atoms with Crippen LogP contribution in [0.4, 0.5) is 39.1 Å². The smallest absolute Gasteiger partial charge is 0.475 e. The van der Waals surface area contributed by atoms with Gasteiger partial charge in [0.2, 0.25) is 17.7 Å². The van der Waals surface area contributed by atoms with Gasteiger partial charge in [-0.15, -0.1) is 0 Å². The fourth-order valence-corrected chi connectivity index (χ4v) is 10.1. The quantitative estimate of drug-likeness (QED) is 0.0164. The number of nitrogens with zero attached hydrogens (tertiary/aromatic N) is 3. The Balaban J connectivity index is 0.00000130. The Morgan fingerprint density at radius 2 is 1.18 bits per heavy atom. The highest BCUT2D eigenvalue weighted by Gasteiger charge is 2.48. The van der Waals surface area contributed by atoms with E-state index in [1.165, 1.54) is 24.3 Å². The number of carbonyl (C=O) groups is 4. The van der Waals surface area contributed by atoms with E-state index in [1.807, 2.05) is 115 Å². The number of alkyl halides is 3. The van der Waals surface area contributed by atoms with Crippen molar-refractivity contribution < 1.29 is 56.4 Å². The summed E-state index contributed by atoms with van der Waals surface area (Å²) in [5.41, 5.74) is 5.89. The number of hydrogen-bond donors (Lipinski definition) is 6. The molecule has 7 aromatic rings. The first-order chi connectivity index (χ1) is 39.6. The second-order valence-corrected chi connectivity index (χ2v) is 20.1. The highest BCUT2D eigenvalue weighted by Crippen LogP contribution is 2.47. The zero-order valence-corrected chi connectivity index (χ0v) is 45.1. The summed E-state index contributed by atoms with van der Waals surface area (Å²) in [6.45, 7) is 0.372. The highest BCUT2D eigenvalue weighted by atomic mass is 19.4. The van der Waals surface area contributed by atoms with Crippen LogP contribution in [0.25, 0.3) is 0 Å². The molecular weight excluding hydrogens is 1060 g/mol. The molecule has 0 bridgehead atoms. The third kappa shape index (κ3) is 17.8. The number of carbonyl (C=O) groups excluding carboxylic acids is 3. The van der Waals surface area contributed by atoms with Gasteiger partial charge in [0.25, 0.3) is 0 Å². The maximum atomic E-state index is 13.8. The van der Waals surface area contributed by atoms with Crippen molar-refractivity contribution in [2.24, 2.45) is 5.92 Å². The average molecular weight is 1130 g/mol. The molecule has 1 saturated heterocycles. The van der Waals surface area contributed by atoms with Crippen LogP contribution in [0.2, 0.25) is 0 Å². The lowest BCUT2D eigenvalue weighted by Gasteiger charge is -2.48. The summed E-state index contributed by atoms with van der Waals surface area (Å²) >= 11 is 0. The molecule has 82 heavy (non-hydrogen) atoms. The van der Waals surface area contributed by atoms with Crippen molar-refractivity contribution >= 4 is 40.9 Å². The van der Waals surface area contributed by atoms with Gasteiger partial charge in [-0.05, 0) is 120 Å². The number of carboxylic acid groups (broad SMARTS) is 1. The van der Waals surface area contributed by atoms with E-state index < -0.39 is 48.0 Å². The number of hydrogen-bond acceptors (Lipinski definition) is 9. The summed E-state index contributed by atoms with van der Waals surface area (Å²) in [7, 11) is 0. The van der Waals surface area contributed by atoms with Crippen LogP contribution >= 0.6 is 0 Å². The van der Waals surface area contributed by atoms with E-state index in [1.54, 1.807) is 41.6 Å². The Hall–Kier alpha value is -8.35. The molecule has 6 atom stereocenters. The normalized spacial score (nSPS) is 15.4. The number of para-hydroxylation sites is 1. The number of carboxylic acids is 1. The Morgan fingerprint density at radius 1 is 0.622 bits per heavy atom. The van der Waals surface area contributed by atoms with Gasteiger partial charge in [-0.3, -0.25) is 19.4 Å². The molecule has 8 rings (SSSR count). The fraction of sp³-hybridized carbons (Fsp3) is 0.312. The molecule has 1 fully saturated rings. The van der Waals surface area contributed by atoms with Gasteiger partial charge in [0.15, 0.2) is 0 Å². The molecule has 3 amide bonds. The Morgan fingerprint density at radius 3 is 1.78 bits per heavy atom. The largest absolute Gasteiger partial charge is 0.490 e. The number of β-lactam (4-membered cyclic amide) rings is 1.